The predicted octanol–water partition coefficient (Wildman–Crippen LogP) is 7.96. The van der Waals surface area contributed by atoms with Gasteiger partial charge >= 0.3 is 0 Å². The SMILES string of the molecule is C=C(c1ccc(C(O)=C2CCC2)cc1)c1cc2c(cc1Cl)C1(CCC2(C)C)CC1. The number of rotatable bonds is 3. The fraction of sp³-hybridized carbons (Fsp3) is 0.407. The number of hydrogen-bond donors (Lipinski definition) is 1. The smallest absolute Gasteiger partial charge is 0.121 e. The zero-order valence-corrected chi connectivity index (χ0v) is 18.2. The van der Waals surface area contributed by atoms with E-state index in [1.54, 1.807) is 0 Å². The van der Waals surface area contributed by atoms with Gasteiger partial charge in [0.2, 0.25) is 0 Å². The summed E-state index contributed by atoms with van der Waals surface area (Å²) in [5.41, 5.74) is 8.59. The topological polar surface area (TPSA) is 20.2 Å². The minimum atomic E-state index is 0.174. The lowest BCUT2D eigenvalue weighted by molar-refractivity contribution is 0.382. The van der Waals surface area contributed by atoms with Crippen molar-refractivity contribution in [2.75, 3.05) is 0 Å². The molecule has 3 aliphatic rings. The van der Waals surface area contributed by atoms with Crippen molar-refractivity contribution in [3.63, 3.8) is 0 Å². The van der Waals surface area contributed by atoms with Gasteiger partial charge in [0, 0.05) is 16.1 Å². The third-order valence-corrected chi connectivity index (χ3v) is 7.93. The van der Waals surface area contributed by atoms with Crippen LogP contribution in [0.3, 0.4) is 0 Å². The maximum atomic E-state index is 10.4. The van der Waals surface area contributed by atoms with Gasteiger partial charge in [0.15, 0.2) is 0 Å². The molecule has 0 radical (unpaired) electrons. The van der Waals surface area contributed by atoms with Crippen LogP contribution in [-0.4, -0.2) is 5.11 Å². The van der Waals surface area contributed by atoms with Crippen molar-refractivity contribution in [3.8, 4) is 0 Å². The van der Waals surface area contributed by atoms with Crippen LogP contribution in [0.5, 0.6) is 0 Å². The van der Waals surface area contributed by atoms with Crippen LogP contribution in [0.25, 0.3) is 11.3 Å². The van der Waals surface area contributed by atoms with Gasteiger partial charge in [0.1, 0.15) is 5.76 Å². The molecule has 0 heterocycles. The summed E-state index contributed by atoms with van der Waals surface area (Å²) in [4.78, 5) is 0. The highest BCUT2D eigenvalue weighted by atomic mass is 35.5. The average Bonchev–Trinajstić information content (AvgIpc) is 3.44. The van der Waals surface area contributed by atoms with Crippen molar-refractivity contribution in [2.45, 2.75) is 69.6 Å². The molecule has 0 bridgehead atoms. The molecule has 29 heavy (non-hydrogen) atoms. The van der Waals surface area contributed by atoms with Crippen molar-refractivity contribution in [3.05, 3.63) is 81.4 Å². The highest BCUT2D eigenvalue weighted by Gasteiger charge is 2.50. The minimum Gasteiger partial charge on any atom is -0.507 e. The first-order valence-corrected chi connectivity index (χ1v) is 11.2. The molecule has 0 saturated heterocycles. The summed E-state index contributed by atoms with van der Waals surface area (Å²) in [6.07, 6.45) is 8.33. The number of halogens is 1. The van der Waals surface area contributed by atoms with Gasteiger partial charge in [-0.3, -0.25) is 0 Å². The van der Waals surface area contributed by atoms with E-state index in [0.717, 1.165) is 40.1 Å². The lowest BCUT2D eigenvalue weighted by atomic mass is 9.66. The molecule has 2 heteroatoms. The molecule has 2 aromatic rings. The van der Waals surface area contributed by atoms with Gasteiger partial charge in [-0.1, -0.05) is 56.3 Å². The summed E-state index contributed by atoms with van der Waals surface area (Å²) < 4.78 is 0. The zero-order chi connectivity index (χ0) is 20.4. The summed E-state index contributed by atoms with van der Waals surface area (Å²) in [7, 11) is 0. The van der Waals surface area contributed by atoms with E-state index in [4.69, 9.17) is 11.6 Å². The van der Waals surface area contributed by atoms with E-state index in [2.05, 4.69) is 44.7 Å². The molecule has 1 N–H and O–H groups in total. The molecule has 1 nitrogen and oxygen atoms in total. The highest BCUT2D eigenvalue weighted by molar-refractivity contribution is 6.32. The number of aliphatic hydroxyl groups excluding tert-OH is 1. The Morgan fingerprint density at radius 2 is 1.55 bits per heavy atom. The summed E-state index contributed by atoms with van der Waals surface area (Å²) in [5.74, 6) is 0.455. The van der Waals surface area contributed by atoms with Gasteiger partial charge in [-0.15, -0.1) is 0 Å². The molecule has 0 unspecified atom stereocenters. The number of hydrogen-bond acceptors (Lipinski definition) is 1. The highest BCUT2D eigenvalue weighted by Crippen LogP contribution is 2.59. The molecule has 5 rings (SSSR count). The van der Waals surface area contributed by atoms with Crippen LogP contribution in [0.2, 0.25) is 5.02 Å². The molecule has 2 fully saturated rings. The quantitative estimate of drug-likeness (QED) is 0.514. The van der Waals surface area contributed by atoms with Crippen molar-refractivity contribution < 1.29 is 5.11 Å². The Kier molecular flexibility index (Phi) is 4.26. The van der Waals surface area contributed by atoms with Gasteiger partial charge in [0.05, 0.1) is 0 Å². The molecule has 3 aliphatic carbocycles. The van der Waals surface area contributed by atoms with E-state index in [-0.39, 0.29) is 5.41 Å². The lowest BCUT2D eigenvalue weighted by Crippen LogP contribution is -2.30. The second-order valence-corrected chi connectivity index (χ2v) is 10.3. The maximum absolute atomic E-state index is 10.4. The van der Waals surface area contributed by atoms with E-state index < -0.39 is 0 Å². The summed E-state index contributed by atoms with van der Waals surface area (Å²) in [6.45, 7) is 9.09. The Morgan fingerprint density at radius 1 is 0.931 bits per heavy atom. The Bertz CT molecular complexity index is 1030. The third-order valence-electron chi connectivity index (χ3n) is 7.61. The van der Waals surface area contributed by atoms with E-state index in [9.17, 15) is 5.11 Å². The maximum Gasteiger partial charge on any atom is 0.121 e. The summed E-state index contributed by atoms with van der Waals surface area (Å²) in [6, 6.07) is 12.6. The van der Waals surface area contributed by atoms with Gasteiger partial charge in [-0.05, 0) is 95.7 Å². The summed E-state index contributed by atoms with van der Waals surface area (Å²) in [5, 5.41) is 11.2. The van der Waals surface area contributed by atoms with Crippen molar-refractivity contribution >= 4 is 22.9 Å². The minimum absolute atomic E-state index is 0.174. The van der Waals surface area contributed by atoms with E-state index in [1.165, 1.54) is 48.8 Å². The molecular formula is C27H29ClO. The van der Waals surface area contributed by atoms with Crippen LogP contribution in [0.4, 0.5) is 0 Å². The van der Waals surface area contributed by atoms with Gasteiger partial charge in [-0.25, -0.2) is 0 Å². The van der Waals surface area contributed by atoms with Crippen LogP contribution in [0.15, 0.2) is 48.6 Å². The monoisotopic (exact) mass is 404 g/mol. The summed E-state index contributed by atoms with van der Waals surface area (Å²) >= 11 is 6.80. The first kappa shape index (κ1) is 19.0. The molecule has 1 spiro atoms. The first-order chi connectivity index (χ1) is 13.8. The van der Waals surface area contributed by atoms with Crippen LogP contribution < -0.4 is 0 Å². The second kappa shape index (κ2) is 6.51. The first-order valence-electron chi connectivity index (χ1n) is 10.9. The number of aliphatic hydroxyl groups is 1. The van der Waals surface area contributed by atoms with E-state index >= 15 is 0 Å². The largest absolute Gasteiger partial charge is 0.507 e. The van der Waals surface area contributed by atoms with Gasteiger partial charge < -0.3 is 5.11 Å². The van der Waals surface area contributed by atoms with Crippen LogP contribution in [-0.2, 0) is 10.8 Å². The fourth-order valence-electron chi connectivity index (χ4n) is 5.07. The normalized spacial score (nSPS) is 20.7. The van der Waals surface area contributed by atoms with Crippen LogP contribution in [0.1, 0.15) is 86.6 Å². The molecule has 0 aliphatic heterocycles. The van der Waals surface area contributed by atoms with Crippen molar-refractivity contribution in [1.29, 1.82) is 0 Å². The zero-order valence-electron chi connectivity index (χ0n) is 17.4. The molecule has 2 saturated carbocycles. The molecule has 0 atom stereocenters. The Balaban J connectivity index is 1.50. The van der Waals surface area contributed by atoms with Crippen molar-refractivity contribution in [1.82, 2.24) is 0 Å². The number of allylic oxidation sites excluding steroid dienone is 1. The number of fused-ring (bicyclic) bond motifs is 2. The molecule has 150 valence electrons. The standard InChI is InChI=1S/C27H29ClO/c1-17(18-7-9-20(10-8-18)25(29)19-5-4-6-19)21-15-22-23(16-24(21)28)27(13-14-27)12-11-26(22,2)3/h7-10,15-16,29H,1,4-6,11-14H2,2-3H3. The van der Waals surface area contributed by atoms with Gasteiger partial charge in [0.25, 0.3) is 0 Å². The lowest BCUT2D eigenvalue weighted by Gasteiger charge is -2.38. The van der Waals surface area contributed by atoms with E-state index in [1.807, 2.05) is 12.1 Å². The fourth-order valence-corrected chi connectivity index (χ4v) is 5.35. The number of benzene rings is 2. The van der Waals surface area contributed by atoms with E-state index in [0.29, 0.717) is 11.2 Å². The Hall–Kier alpha value is -1.99. The van der Waals surface area contributed by atoms with Crippen LogP contribution in [0, 0.1) is 0 Å². The molecular weight excluding hydrogens is 376 g/mol. The Labute approximate surface area is 179 Å². The predicted molar refractivity (Wildman–Crippen MR) is 123 cm³/mol. The van der Waals surface area contributed by atoms with Gasteiger partial charge in [-0.2, -0.15) is 0 Å². The molecule has 2 aromatic carbocycles. The Morgan fingerprint density at radius 3 is 2.14 bits per heavy atom. The van der Waals surface area contributed by atoms with Crippen LogP contribution >= 0.6 is 11.6 Å². The average molecular weight is 405 g/mol. The molecule has 0 aromatic heterocycles. The second-order valence-electron chi connectivity index (χ2n) is 9.90. The molecule has 0 amide bonds. The third kappa shape index (κ3) is 3.06. The van der Waals surface area contributed by atoms with Crippen molar-refractivity contribution in [2.24, 2.45) is 0 Å².